The molecule has 0 atom stereocenters. The Labute approximate surface area is 144 Å². The maximum atomic E-state index is 12.3. The highest BCUT2D eigenvalue weighted by Crippen LogP contribution is 2.44. The van der Waals surface area contributed by atoms with Crippen LogP contribution < -0.4 is 0 Å². The van der Waals surface area contributed by atoms with Gasteiger partial charge in [0.2, 0.25) is 5.78 Å². The van der Waals surface area contributed by atoms with Crippen molar-refractivity contribution in [2.75, 3.05) is 0 Å². The Hall–Kier alpha value is -0.740. The first kappa shape index (κ1) is 18.6. The lowest BCUT2D eigenvalue weighted by molar-refractivity contribution is -0.171. The molecular weight excluding hydrogens is 348 g/mol. The summed E-state index contributed by atoms with van der Waals surface area (Å²) in [6, 6.07) is 5.46. The van der Waals surface area contributed by atoms with Crippen LogP contribution in [0.15, 0.2) is 18.2 Å². The Morgan fingerprint density at radius 3 is 2.30 bits per heavy atom. The van der Waals surface area contributed by atoms with Gasteiger partial charge in [-0.25, -0.2) is 0 Å². The lowest BCUT2D eigenvalue weighted by atomic mass is 9.66. The van der Waals surface area contributed by atoms with E-state index < -0.39 is 18.4 Å². The van der Waals surface area contributed by atoms with Gasteiger partial charge in [-0.2, -0.15) is 13.2 Å². The highest BCUT2D eigenvalue weighted by atomic mass is 35.5. The van der Waals surface area contributed by atoms with Gasteiger partial charge in [0.25, 0.3) is 0 Å². The Morgan fingerprint density at radius 1 is 1.09 bits per heavy atom. The van der Waals surface area contributed by atoms with Crippen molar-refractivity contribution in [3.8, 4) is 0 Å². The monoisotopic (exact) mass is 366 g/mol. The number of Topliss-reactive ketones (excluding diaryl/α,β-unsaturated/α-hetero) is 1. The van der Waals surface area contributed by atoms with Crippen LogP contribution in [-0.2, 0) is 10.2 Å². The summed E-state index contributed by atoms with van der Waals surface area (Å²) in [7, 11) is 0. The molecule has 1 saturated carbocycles. The minimum Gasteiger partial charge on any atom is -0.290 e. The summed E-state index contributed by atoms with van der Waals surface area (Å²) in [6.45, 7) is 0. The van der Waals surface area contributed by atoms with Crippen LogP contribution in [0.25, 0.3) is 0 Å². The van der Waals surface area contributed by atoms with E-state index in [2.05, 4.69) is 0 Å². The zero-order valence-electron chi connectivity index (χ0n) is 12.7. The number of carbonyl (C=O) groups is 1. The lowest BCUT2D eigenvalue weighted by Gasteiger charge is -2.38. The molecule has 2 rings (SSSR count). The molecule has 0 aromatic heterocycles. The molecule has 0 spiro atoms. The smallest absolute Gasteiger partial charge is 0.290 e. The van der Waals surface area contributed by atoms with E-state index in [9.17, 15) is 18.0 Å². The predicted molar refractivity (Wildman–Crippen MR) is 86.1 cm³/mol. The fourth-order valence-electron chi connectivity index (χ4n) is 3.47. The molecule has 1 aliphatic carbocycles. The van der Waals surface area contributed by atoms with Crippen molar-refractivity contribution in [2.24, 2.45) is 0 Å². The van der Waals surface area contributed by atoms with Gasteiger partial charge in [-0.05, 0) is 48.8 Å². The van der Waals surface area contributed by atoms with Crippen LogP contribution in [-0.4, -0.2) is 12.0 Å². The van der Waals surface area contributed by atoms with E-state index in [1.807, 2.05) is 12.1 Å². The number of benzene rings is 1. The van der Waals surface area contributed by atoms with Gasteiger partial charge in [0, 0.05) is 6.42 Å². The van der Waals surface area contributed by atoms with Crippen molar-refractivity contribution < 1.29 is 18.0 Å². The van der Waals surface area contributed by atoms with Gasteiger partial charge in [-0.1, -0.05) is 48.5 Å². The molecule has 0 saturated heterocycles. The third-order valence-corrected chi connectivity index (χ3v) is 5.46. The zero-order chi connectivity index (χ0) is 17.1. The van der Waals surface area contributed by atoms with E-state index in [0.29, 0.717) is 16.5 Å². The highest BCUT2D eigenvalue weighted by molar-refractivity contribution is 6.42. The molecule has 23 heavy (non-hydrogen) atoms. The first-order valence-corrected chi connectivity index (χ1v) is 8.56. The van der Waals surface area contributed by atoms with E-state index in [1.54, 1.807) is 6.07 Å². The first-order valence-electron chi connectivity index (χ1n) is 7.80. The van der Waals surface area contributed by atoms with Gasteiger partial charge in [0.1, 0.15) is 0 Å². The molecule has 1 fully saturated rings. The lowest BCUT2D eigenvalue weighted by Crippen LogP contribution is -2.30. The summed E-state index contributed by atoms with van der Waals surface area (Å²) >= 11 is 12.1. The molecular formula is C17H19Cl2F3O. The predicted octanol–water partition coefficient (Wildman–Crippen LogP) is 6.50. The second kappa shape index (κ2) is 7.43. The van der Waals surface area contributed by atoms with Crippen LogP contribution in [0.1, 0.15) is 56.9 Å². The van der Waals surface area contributed by atoms with Gasteiger partial charge in [-0.15, -0.1) is 0 Å². The van der Waals surface area contributed by atoms with Crippen molar-refractivity contribution in [2.45, 2.75) is 63.0 Å². The van der Waals surface area contributed by atoms with Crippen LogP contribution in [0, 0.1) is 0 Å². The molecule has 1 aromatic carbocycles. The molecule has 0 amide bonds. The van der Waals surface area contributed by atoms with Crippen molar-refractivity contribution in [1.82, 2.24) is 0 Å². The minimum atomic E-state index is -4.73. The normalized spacial score (nSPS) is 18.0. The fraction of sp³-hybridized carbons (Fsp3) is 0.588. The summed E-state index contributed by atoms with van der Waals surface area (Å²) in [5.41, 5.74) is 0.823. The van der Waals surface area contributed by atoms with Crippen molar-refractivity contribution in [1.29, 1.82) is 0 Å². The molecule has 1 aromatic rings. The Balaban J connectivity index is 2.13. The highest BCUT2D eigenvalue weighted by Gasteiger charge is 2.39. The van der Waals surface area contributed by atoms with Crippen molar-refractivity contribution in [3.63, 3.8) is 0 Å². The third kappa shape index (κ3) is 4.63. The number of alkyl halides is 3. The van der Waals surface area contributed by atoms with Crippen molar-refractivity contribution >= 4 is 29.0 Å². The maximum absolute atomic E-state index is 12.3. The molecule has 0 aliphatic heterocycles. The maximum Gasteiger partial charge on any atom is 0.449 e. The largest absolute Gasteiger partial charge is 0.449 e. The fourth-order valence-corrected chi connectivity index (χ4v) is 3.76. The number of halogens is 5. The Bertz CT molecular complexity index is 563. The standard InChI is InChI=1S/C17H19Cl2F3O/c18-13-7-6-12(11-14(13)19)16(8-2-1-3-9-16)10-4-5-15(23)17(20,21)22/h6-7,11H,1-5,8-10H2. The Morgan fingerprint density at radius 2 is 1.74 bits per heavy atom. The summed E-state index contributed by atoms with van der Waals surface area (Å²) < 4.78 is 37.0. The molecule has 0 bridgehead atoms. The molecule has 6 heteroatoms. The van der Waals surface area contributed by atoms with Crippen LogP contribution in [0.2, 0.25) is 10.0 Å². The number of carbonyl (C=O) groups excluding carboxylic acids is 1. The van der Waals surface area contributed by atoms with Gasteiger partial charge in [-0.3, -0.25) is 4.79 Å². The number of hydrogen-bond acceptors (Lipinski definition) is 1. The van der Waals surface area contributed by atoms with Crippen LogP contribution in [0.4, 0.5) is 13.2 Å². The van der Waals surface area contributed by atoms with E-state index in [4.69, 9.17) is 23.2 Å². The zero-order valence-corrected chi connectivity index (χ0v) is 14.2. The number of rotatable bonds is 5. The van der Waals surface area contributed by atoms with E-state index in [0.717, 1.165) is 37.7 Å². The molecule has 1 nitrogen and oxygen atoms in total. The quantitative estimate of drug-likeness (QED) is 0.581. The molecule has 0 unspecified atom stereocenters. The summed E-state index contributed by atoms with van der Waals surface area (Å²) in [5, 5.41) is 0.925. The van der Waals surface area contributed by atoms with Crippen LogP contribution >= 0.6 is 23.2 Å². The second-order valence-corrected chi connectivity index (χ2v) is 7.06. The average molecular weight is 367 g/mol. The molecule has 128 valence electrons. The van der Waals surface area contributed by atoms with E-state index >= 15 is 0 Å². The molecule has 0 N–H and O–H groups in total. The van der Waals surface area contributed by atoms with Gasteiger partial charge < -0.3 is 0 Å². The van der Waals surface area contributed by atoms with Gasteiger partial charge in [0.05, 0.1) is 10.0 Å². The molecule has 0 radical (unpaired) electrons. The summed E-state index contributed by atoms with van der Waals surface area (Å²) in [4.78, 5) is 11.1. The van der Waals surface area contributed by atoms with Crippen LogP contribution in [0.5, 0.6) is 0 Å². The third-order valence-electron chi connectivity index (χ3n) is 4.72. The number of ketones is 1. The molecule has 0 heterocycles. The van der Waals surface area contributed by atoms with Crippen LogP contribution in [0.3, 0.4) is 0 Å². The Kier molecular flexibility index (Phi) is 6.01. The van der Waals surface area contributed by atoms with E-state index in [-0.39, 0.29) is 11.8 Å². The average Bonchev–Trinajstić information content (AvgIpc) is 2.50. The molecule has 1 aliphatic rings. The van der Waals surface area contributed by atoms with Crippen molar-refractivity contribution in [3.05, 3.63) is 33.8 Å². The van der Waals surface area contributed by atoms with Gasteiger partial charge >= 0.3 is 6.18 Å². The topological polar surface area (TPSA) is 17.1 Å². The second-order valence-electron chi connectivity index (χ2n) is 6.24. The minimum absolute atomic E-state index is 0.196. The first-order chi connectivity index (χ1) is 10.7. The summed E-state index contributed by atoms with van der Waals surface area (Å²) in [5.74, 6) is -1.64. The summed E-state index contributed by atoms with van der Waals surface area (Å²) in [6.07, 6.45) is 0.628. The SMILES string of the molecule is O=C(CCCC1(c2ccc(Cl)c(Cl)c2)CCCCC1)C(F)(F)F. The number of hydrogen-bond donors (Lipinski definition) is 0. The van der Waals surface area contributed by atoms with E-state index in [1.165, 1.54) is 0 Å². The van der Waals surface area contributed by atoms with Gasteiger partial charge in [0.15, 0.2) is 0 Å².